The zero-order valence-corrected chi connectivity index (χ0v) is 22.7. The van der Waals surface area contributed by atoms with Gasteiger partial charge in [-0.25, -0.2) is 9.37 Å². The van der Waals surface area contributed by atoms with Gasteiger partial charge in [-0.3, -0.25) is 9.20 Å². The molecule has 2 aromatic carbocycles. The minimum absolute atomic E-state index is 0. The summed E-state index contributed by atoms with van der Waals surface area (Å²) in [4.78, 5) is 19.1. The Balaban J connectivity index is 0.00000370. The number of nitrogens with zero attached hydrogens (tertiary/aromatic N) is 3. The largest absolute Gasteiger partial charge is 0.573 e. The van der Waals surface area contributed by atoms with Crippen molar-refractivity contribution in [3.63, 3.8) is 0 Å². The van der Waals surface area contributed by atoms with Crippen LogP contribution in [0, 0.1) is 12.7 Å². The second kappa shape index (κ2) is 11.8. The Morgan fingerprint density at radius 3 is 2.52 bits per heavy atom. The third-order valence-corrected chi connectivity index (χ3v) is 6.69. The Hall–Kier alpha value is -3.76. The maximum Gasteiger partial charge on any atom is 0.573 e. The lowest BCUT2D eigenvalue weighted by Gasteiger charge is -2.29. The molecule has 0 unspecified atom stereocenters. The topological polar surface area (TPSA) is 58.9 Å². The molecular formula is C28H24Cl2F4N4O2. The molecule has 1 aliphatic heterocycles. The molecule has 0 saturated carbocycles. The van der Waals surface area contributed by atoms with Gasteiger partial charge in [0.05, 0.1) is 11.4 Å². The second-order valence-corrected chi connectivity index (χ2v) is 9.52. The van der Waals surface area contributed by atoms with E-state index in [4.69, 9.17) is 11.6 Å². The number of hydrogen-bond acceptors (Lipinski definition) is 4. The number of pyridine rings is 1. The number of benzene rings is 2. The molecule has 1 aliphatic rings. The summed E-state index contributed by atoms with van der Waals surface area (Å²) < 4.78 is 57.7. The number of aromatic nitrogens is 2. The van der Waals surface area contributed by atoms with E-state index in [2.05, 4.69) is 15.0 Å². The summed E-state index contributed by atoms with van der Waals surface area (Å²) >= 11 is 6.01. The monoisotopic (exact) mass is 594 g/mol. The van der Waals surface area contributed by atoms with Crippen molar-refractivity contribution in [2.45, 2.75) is 26.3 Å². The predicted molar refractivity (Wildman–Crippen MR) is 148 cm³/mol. The second-order valence-electron chi connectivity index (χ2n) is 9.08. The van der Waals surface area contributed by atoms with Crippen molar-refractivity contribution < 1.29 is 27.1 Å². The lowest BCUT2D eigenvalue weighted by atomic mass is 9.99. The molecule has 1 N–H and O–H groups in total. The van der Waals surface area contributed by atoms with Crippen molar-refractivity contribution in [1.29, 1.82) is 0 Å². The Morgan fingerprint density at radius 2 is 1.88 bits per heavy atom. The Kier molecular flexibility index (Phi) is 8.60. The first-order valence-electron chi connectivity index (χ1n) is 12.1. The lowest BCUT2D eigenvalue weighted by molar-refractivity contribution is -0.274. The van der Waals surface area contributed by atoms with Crippen molar-refractivity contribution in [2.75, 3.05) is 18.0 Å². The fourth-order valence-corrected chi connectivity index (χ4v) is 4.77. The Labute approximate surface area is 238 Å². The number of aryl methyl sites for hydroxylation is 1. The SMILES string of the molecule is Cc1nc2cc(Cl)ccn2c1C(=O)NCc1ccc(N2CC=C(c3ccc(OC(F)(F)F)cc3)CC2)c(F)c1.Cl. The molecule has 3 heterocycles. The van der Waals surface area contributed by atoms with E-state index in [9.17, 15) is 18.0 Å². The van der Waals surface area contributed by atoms with Crippen molar-refractivity contribution in [1.82, 2.24) is 14.7 Å². The van der Waals surface area contributed by atoms with Gasteiger partial charge in [0.1, 0.15) is 22.9 Å². The molecule has 0 fully saturated rings. The molecule has 12 heteroatoms. The highest BCUT2D eigenvalue weighted by molar-refractivity contribution is 6.30. The van der Waals surface area contributed by atoms with Crippen LogP contribution in [0.25, 0.3) is 11.2 Å². The average molecular weight is 595 g/mol. The Morgan fingerprint density at radius 1 is 1.12 bits per heavy atom. The van der Waals surface area contributed by atoms with Crippen LogP contribution >= 0.6 is 24.0 Å². The zero-order chi connectivity index (χ0) is 27.7. The van der Waals surface area contributed by atoms with Gasteiger partial charge >= 0.3 is 6.36 Å². The molecule has 1 amide bonds. The number of fused-ring (bicyclic) bond motifs is 1. The number of nitrogens with one attached hydrogen (secondary N) is 1. The summed E-state index contributed by atoms with van der Waals surface area (Å²) in [6, 6.07) is 13.9. The third-order valence-electron chi connectivity index (χ3n) is 6.45. The van der Waals surface area contributed by atoms with Crippen LogP contribution in [-0.2, 0) is 6.54 Å². The van der Waals surface area contributed by atoms with Gasteiger partial charge < -0.3 is 15.0 Å². The quantitative estimate of drug-likeness (QED) is 0.245. The number of anilines is 1. The number of imidazole rings is 1. The first kappa shape index (κ1) is 29.2. The highest BCUT2D eigenvalue weighted by atomic mass is 35.5. The molecule has 0 saturated heterocycles. The summed E-state index contributed by atoms with van der Waals surface area (Å²) in [5, 5.41) is 3.34. The summed E-state index contributed by atoms with van der Waals surface area (Å²) in [6.45, 7) is 2.85. The zero-order valence-electron chi connectivity index (χ0n) is 21.1. The van der Waals surface area contributed by atoms with Crippen LogP contribution in [0.3, 0.4) is 0 Å². The van der Waals surface area contributed by atoms with Gasteiger partial charge in [0.2, 0.25) is 0 Å². The fraction of sp³-hybridized carbons (Fsp3) is 0.214. The highest BCUT2D eigenvalue weighted by Gasteiger charge is 2.31. The molecule has 2 aromatic heterocycles. The van der Waals surface area contributed by atoms with Crippen LogP contribution in [0.5, 0.6) is 5.75 Å². The van der Waals surface area contributed by atoms with E-state index in [-0.39, 0.29) is 30.6 Å². The number of alkyl halides is 3. The van der Waals surface area contributed by atoms with Crippen LogP contribution in [0.4, 0.5) is 23.2 Å². The lowest BCUT2D eigenvalue weighted by Crippen LogP contribution is -2.29. The van der Waals surface area contributed by atoms with Gasteiger partial charge in [-0.15, -0.1) is 25.6 Å². The van der Waals surface area contributed by atoms with Crippen LogP contribution in [0.1, 0.15) is 33.7 Å². The van der Waals surface area contributed by atoms with E-state index >= 15 is 4.39 Å². The molecule has 6 nitrogen and oxygen atoms in total. The number of ether oxygens (including phenoxy) is 1. The van der Waals surface area contributed by atoms with Gasteiger partial charge in [-0.2, -0.15) is 0 Å². The van der Waals surface area contributed by atoms with E-state index in [1.807, 2.05) is 11.0 Å². The molecule has 210 valence electrons. The molecule has 5 rings (SSSR count). The average Bonchev–Trinajstić information content (AvgIpc) is 3.22. The number of amides is 1. The number of rotatable bonds is 6. The standard InChI is InChI=1S/C28H23ClF4N4O2.ClH/c1-17-26(37-13-10-21(29)15-25(37)35-17)27(38)34-16-18-2-7-24(23(30)14-18)36-11-8-20(9-12-36)19-3-5-22(6-4-19)39-28(31,32)33;/h2-8,10,13-15H,9,11-12,16H2,1H3,(H,34,38);1H. The smallest absolute Gasteiger partial charge is 0.406 e. The molecule has 0 aliphatic carbocycles. The van der Waals surface area contributed by atoms with Crippen LogP contribution in [0.15, 0.2) is 66.9 Å². The number of carbonyl (C=O) groups excluding carboxylic acids is 1. The van der Waals surface area contributed by atoms with Crippen molar-refractivity contribution in [3.05, 3.63) is 100 Å². The minimum atomic E-state index is -4.74. The van der Waals surface area contributed by atoms with Crippen molar-refractivity contribution in [2.24, 2.45) is 0 Å². The van der Waals surface area contributed by atoms with E-state index < -0.39 is 12.2 Å². The molecule has 40 heavy (non-hydrogen) atoms. The van der Waals surface area contributed by atoms with Gasteiger partial charge in [-0.05, 0) is 60.4 Å². The van der Waals surface area contributed by atoms with Crippen molar-refractivity contribution >= 4 is 46.8 Å². The molecule has 4 aromatic rings. The predicted octanol–water partition coefficient (Wildman–Crippen LogP) is 6.98. The van der Waals surface area contributed by atoms with Crippen LogP contribution in [-0.4, -0.2) is 34.7 Å². The van der Waals surface area contributed by atoms with Crippen molar-refractivity contribution in [3.8, 4) is 5.75 Å². The van der Waals surface area contributed by atoms with Gasteiger partial charge in [0.15, 0.2) is 0 Å². The van der Waals surface area contributed by atoms with Crippen LogP contribution < -0.4 is 15.0 Å². The first-order valence-corrected chi connectivity index (χ1v) is 12.5. The fourth-order valence-electron chi connectivity index (χ4n) is 4.61. The molecule has 0 radical (unpaired) electrons. The number of hydrogen-bond donors (Lipinski definition) is 1. The van der Waals surface area contributed by atoms with Gasteiger partial charge in [0.25, 0.3) is 5.91 Å². The maximum absolute atomic E-state index is 15.0. The van der Waals surface area contributed by atoms with E-state index in [0.29, 0.717) is 52.8 Å². The number of halogens is 6. The van der Waals surface area contributed by atoms with E-state index in [1.165, 1.54) is 18.2 Å². The maximum atomic E-state index is 15.0. The van der Waals surface area contributed by atoms with Gasteiger partial charge in [0, 0.05) is 36.9 Å². The number of carbonyl (C=O) groups is 1. The normalized spacial score (nSPS) is 13.6. The van der Waals surface area contributed by atoms with Gasteiger partial charge in [-0.1, -0.05) is 35.9 Å². The molecule has 0 bridgehead atoms. The van der Waals surface area contributed by atoms with Crippen LogP contribution in [0.2, 0.25) is 5.02 Å². The van der Waals surface area contributed by atoms with E-state index in [0.717, 1.165) is 11.1 Å². The molecule has 0 spiro atoms. The third kappa shape index (κ3) is 6.51. The minimum Gasteiger partial charge on any atom is -0.406 e. The Bertz CT molecular complexity index is 1570. The summed E-state index contributed by atoms with van der Waals surface area (Å²) in [6.07, 6.45) is -0.528. The first-order chi connectivity index (χ1) is 18.6. The van der Waals surface area contributed by atoms with E-state index in [1.54, 1.807) is 53.9 Å². The molecular weight excluding hydrogens is 571 g/mol. The highest BCUT2D eigenvalue weighted by Crippen LogP contribution is 2.30. The molecule has 0 atom stereocenters. The summed E-state index contributed by atoms with van der Waals surface area (Å²) in [7, 11) is 0. The summed E-state index contributed by atoms with van der Waals surface area (Å²) in [5.41, 5.74) is 4.30. The summed E-state index contributed by atoms with van der Waals surface area (Å²) in [5.74, 6) is -1.02.